The van der Waals surface area contributed by atoms with Crippen LogP contribution in [0.1, 0.15) is 55.6 Å². The summed E-state index contributed by atoms with van der Waals surface area (Å²) in [6, 6.07) is 2.13. The maximum atomic E-state index is 6.60. The lowest BCUT2D eigenvalue weighted by atomic mass is 9.80. The molecule has 0 radical (unpaired) electrons. The lowest BCUT2D eigenvalue weighted by molar-refractivity contribution is 0.264. The zero-order chi connectivity index (χ0) is 16.7. The molecule has 0 spiro atoms. The molecule has 0 amide bonds. The van der Waals surface area contributed by atoms with Gasteiger partial charge >= 0.3 is 0 Å². The average Bonchev–Trinajstić information content (AvgIpc) is 3.34. The molecule has 4 rings (SSSR count). The van der Waals surface area contributed by atoms with E-state index in [-0.39, 0.29) is 6.04 Å². The molecule has 0 unspecified atom stereocenters. The number of nitrogens with two attached hydrogens (primary N) is 2. The summed E-state index contributed by atoms with van der Waals surface area (Å²) in [6.45, 7) is 2.00. The molecule has 24 heavy (non-hydrogen) atoms. The zero-order valence-electron chi connectivity index (χ0n) is 14.2. The second-order valence-corrected chi connectivity index (χ2v) is 7.48. The van der Waals surface area contributed by atoms with Crippen LogP contribution in [0.3, 0.4) is 0 Å². The molecule has 2 saturated carbocycles. The average molecular weight is 327 g/mol. The summed E-state index contributed by atoms with van der Waals surface area (Å²) >= 11 is 0. The van der Waals surface area contributed by atoms with Gasteiger partial charge in [0.15, 0.2) is 5.76 Å². The highest BCUT2D eigenvalue weighted by Crippen LogP contribution is 2.37. The van der Waals surface area contributed by atoms with E-state index in [0.717, 1.165) is 55.2 Å². The quantitative estimate of drug-likeness (QED) is 0.894. The fraction of sp³-hybridized carbons (Fsp3) is 0.611. The minimum absolute atomic E-state index is 0.243. The Hall–Kier alpha value is -1.79. The van der Waals surface area contributed by atoms with Crippen molar-refractivity contribution in [2.24, 2.45) is 17.4 Å². The number of hydrogen-bond acceptors (Lipinski definition) is 6. The van der Waals surface area contributed by atoms with Gasteiger partial charge in [-0.1, -0.05) is 5.16 Å². The zero-order valence-corrected chi connectivity index (χ0v) is 14.2. The monoisotopic (exact) mass is 327 g/mol. The van der Waals surface area contributed by atoms with Gasteiger partial charge in [-0.05, 0) is 63.9 Å². The first-order valence-corrected chi connectivity index (χ1v) is 8.89. The van der Waals surface area contributed by atoms with E-state index in [9.17, 15) is 0 Å². The highest BCUT2D eigenvalue weighted by molar-refractivity contribution is 5.57. The van der Waals surface area contributed by atoms with Gasteiger partial charge in [0.2, 0.25) is 0 Å². The van der Waals surface area contributed by atoms with Crippen LogP contribution in [0.2, 0.25) is 0 Å². The van der Waals surface area contributed by atoms with Crippen LogP contribution in [0.5, 0.6) is 0 Å². The van der Waals surface area contributed by atoms with Crippen molar-refractivity contribution in [3.05, 3.63) is 29.3 Å². The Morgan fingerprint density at radius 3 is 2.71 bits per heavy atom. The first-order chi connectivity index (χ1) is 11.5. The summed E-state index contributed by atoms with van der Waals surface area (Å²) in [5.41, 5.74) is 15.0. The fourth-order valence-electron chi connectivity index (χ4n) is 3.54. The maximum absolute atomic E-state index is 6.60. The largest absolute Gasteiger partial charge is 0.354 e. The number of aryl methyl sites for hydroxylation is 1. The topological polar surface area (TPSA) is 104 Å². The molecule has 2 aromatic rings. The highest BCUT2D eigenvalue weighted by Gasteiger charge is 2.35. The van der Waals surface area contributed by atoms with E-state index in [1.807, 2.05) is 13.0 Å². The molecule has 6 heteroatoms. The third-order valence-electron chi connectivity index (χ3n) is 5.43. The van der Waals surface area contributed by atoms with E-state index in [0.29, 0.717) is 5.82 Å². The van der Waals surface area contributed by atoms with Crippen LogP contribution in [-0.2, 0) is 12.0 Å². The van der Waals surface area contributed by atoms with Gasteiger partial charge < -0.3 is 16.0 Å². The van der Waals surface area contributed by atoms with Crippen molar-refractivity contribution in [3.8, 4) is 11.5 Å². The molecule has 0 bridgehead atoms. The second kappa shape index (κ2) is 5.93. The van der Waals surface area contributed by atoms with E-state index >= 15 is 0 Å². The first kappa shape index (κ1) is 15.7. The van der Waals surface area contributed by atoms with Gasteiger partial charge in [-0.2, -0.15) is 0 Å². The van der Waals surface area contributed by atoms with Crippen LogP contribution >= 0.6 is 0 Å². The van der Waals surface area contributed by atoms with Gasteiger partial charge in [0.05, 0.1) is 11.2 Å². The third kappa shape index (κ3) is 2.96. The van der Waals surface area contributed by atoms with E-state index < -0.39 is 5.54 Å². The van der Waals surface area contributed by atoms with Crippen LogP contribution < -0.4 is 11.5 Å². The second-order valence-electron chi connectivity index (χ2n) is 7.48. The van der Waals surface area contributed by atoms with Crippen molar-refractivity contribution >= 4 is 0 Å². The highest BCUT2D eigenvalue weighted by atomic mass is 16.5. The van der Waals surface area contributed by atoms with Crippen molar-refractivity contribution in [3.63, 3.8) is 0 Å². The molecule has 2 aliphatic carbocycles. The van der Waals surface area contributed by atoms with Crippen molar-refractivity contribution < 1.29 is 4.52 Å². The number of hydrogen-bond donors (Lipinski definition) is 2. The third-order valence-corrected chi connectivity index (χ3v) is 5.43. The molecule has 6 nitrogen and oxygen atoms in total. The predicted molar refractivity (Wildman–Crippen MR) is 91.0 cm³/mol. The molecule has 0 saturated heterocycles. The number of nitrogens with zero attached hydrogens (tertiary/aromatic N) is 3. The molecule has 0 aliphatic heterocycles. The minimum atomic E-state index is -0.488. The summed E-state index contributed by atoms with van der Waals surface area (Å²) in [7, 11) is 0. The summed E-state index contributed by atoms with van der Waals surface area (Å²) in [4.78, 5) is 9.21. The minimum Gasteiger partial charge on any atom is -0.354 e. The van der Waals surface area contributed by atoms with E-state index in [2.05, 4.69) is 10.1 Å². The Morgan fingerprint density at radius 1 is 1.25 bits per heavy atom. The van der Waals surface area contributed by atoms with Crippen LogP contribution in [0.4, 0.5) is 0 Å². The Morgan fingerprint density at radius 2 is 2.00 bits per heavy atom. The predicted octanol–water partition coefficient (Wildman–Crippen LogP) is 2.45. The first-order valence-electron chi connectivity index (χ1n) is 8.89. The molecular formula is C18H25N5O. The Labute approximate surface area is 142 Å². The SMILES string of the molecule is Cc1noc(-c2ccnc(C3(N)CCC(N)CC3)n2)c1CC1CC1. The summed E-state index contributed by atoms with van der Waals surface area (Å²) in [5, 5.41) is 4.16. The molecule has 128 valence electrons. The van der Waals surface area contributed by atoms with Gasteiger partial charge in [0.25, 0.3) is 0 Å². The Bertz CT molecular complexity index is 729. The van der Waals surface area contributed by atoms with E-state index in [1.165, 1.54) is 18.4 Å². The Kier molecular flexibility index (Phi) is 3.89. The van der Waals surface area contributed by atoms with Gasteiger partial charge in [-0.15, -0.1) is 0 Å². The Balaban J connectivity index is 1.66. The van der Waals surface area contributed by atoms with Crippen molar-refractivity contribution in [2.45, 2.75) is 63.5 Å². The molecule has 2 fully saturated rings. The van der Waals surface area contributed by atoms with Crippen molar-refractivity contribution in [1.29, 1.82) is 0 Å². The number of rotatable bonds is 4. The van der Waals surface area contributed by atoms with Gasteiger partial charge in [0.1, 0.15) is 11.5 Å². The lowest BCUT2D eigenvalue weighted by Gasteiger charge is -2.34. The fourth-order valence-corrected chi connectivity index (χ4v) is 3.54. The summed E-state index contributed by atoms with van der Waals surface area (Å²) in [5.74, 6) is 2.24. The lowest BCUT2D eigenvalue weighted by Crippen LogP contribution is -2.44. The van der Waals surface area contributed by atoms with Crippen molar-refractivity contribution in [2.75, 3.05) is 0 Å². The number of aromatic nitrogens is 3. The van der Waals surface area contributed by atoms with Gasteiger partial charge in [0, 0.05) is 17.8 Å². The normalized spacial score (nSPS) is 27.4. The van der Waals surface area contributed by atoms with E-state index in [4.69, 9.17) is 21.0 Å². The summed E-state index contributed by atoms with van der Waals surface area (Å²) < 4.78 is 5.60. The molecule has 0 aromatic carbocycles. The molecule has 4 N–H and O–H groups in total. The molecular weight excluding hydrogens is 302 g/mol. The van der Waals surface area contributed by atoms with Gasteiger partial charge in [-0.25, -0.2) is 9.97 Å². The molecule has 2 aromatic heterocycles. The molecule has 2 heterocycles. The van der Waals surface area contributed by atoms with Crippen LogP contribution in [0, 0.1) is 12.8 Å². The van der Waals surface area contributed by atoms with Crippen LogP contribution in [0.15, 0.2) is 16.8 Å². The smallest absolute Gasteiger partial charge is 0.188 e. The standard InChI is InChI=1S/C18H25N5O/c1-11-14(10-12-2-3-12)16(24-23-11)15-6-9-21-17(22-15)18(20)7-4-13(19)5-8-18/h6,9,12-13H,2-5,7-8,10,19-20H2,1H3. The molecule has 0 atom stereocenters. The molecule has 2 aliphatic rings. The maximum Gasteiger partial charge on any atom is 0.188 e. The van der Waals surface area contributed by atoms with Crippen molar-refractivity contribution in [1.82, 2.24) is 15.1 Å². The summed E-state index contributed by atoms with van der Waals surface area (Å²) in [6.07, 6.45) is 8.86. The van der Waals surface area contributed by atoms with E-state index in [1.54, 1.807) is 6.20 Å². The van der Waals surface area contributed by atoms with Crippen LogP contribution in [0.25, 0.3) is 11.5 Å². The van der Waals surface area contributed by atoms with Crippen LogP contribution in [-0.4, -0.2) is 21.2 Å². The van der Waals surface area contributed by atoms with Gasteiger partial charge in [-0.3, -0.25) is 0 Å².